The first-order valence-electron chi connectivity index (χ1n) is 12.8. The van der Waals surface area contributed by atoms with E-state index in [1.165, 1.54) is 16.7 Å². The standard InChI is InChI=1S/C30H36ClN3O3/c1-33(30(35)29-13-9-26(20-32-29)23-6-10-27(31)11-7-23)28-12-8-24-18-22(4-5-25(24)19-28)21-34(14-16-36-2)15-17-37-3/h4-7,9-11,13,18,20,28H,8,12,14-17,19,21H2,1-3H3. The van der Waals surface area contributed by atoms with Crippen molar-refractivity contribution in [3.63, 3.8) is 0 Å². The zero-order valence-corrected chi connectivity index (χ0v) is 22.7. The maximum atomic E-state index is 13.2. The molecule has 1 heterocycles. The highest BCUT2D eigenvalue weighted by molar-refractivity contribution is 6.30. The lowest BCUT2D eigenvalue weighted by Crippen LogP contribution is -2.41. The first kappa shape index (κ1) is 27.3. The highest BCUT2D eigenvalue weighted by atomic mass is 35.5. The summed E-state index contributed by atoms with van der Waals surface area (Å²) in [5.74, 6) is -0.0420. The van der Waals surface area contributed by atoms with E-state index in [4.69, 9.17) is 21.1 Å². The van der Waals surface area contributed by atoms with Crippen molar-refractivity contribution in [3.8, 4) is 11.1 Å². The quantitative estimate of drug-likeness (QED) is 0.350. The molecule has 0 radical (unpaired) electrons. The molecule has 0 saturated heterocycles. The van der Waals surface area contributed by atoms with Crippen molar-refractivity contribution < 1.29 is 14.3 Å². The topological polar surface area (TPSA) is 54.9 Å². The first-order chi connectivity index (χ1) is 18.0. The summed E-state index contributed by atoms with van der Waals surface area (Å²) in [6, 6.07) is 18.3. The van der Waals surface area contributed by atoms with Crippen molar-refractivity contribution in [1.82, 2.24) is 14.8 Å². The van der Waals surface area contributed by atoms with Crippen LogP contribution in [0, 0.1) is 0 Å². The van der Waals surface area contributed by atoms with E-state index in [1.807, 2.05) is 48.3 Å². The zero-order valence-electron chi connectivity index (χ0n) is 22.0. The number of carbonyl (C=O) groups excluding carboxylic acids is 1. The Balaban J connectivity index is 1.38. The van der Waals surface area contributed by atoms with E-state index in [1.54, 1.807) is 20.4 Å². The van der Waals surface area contributed by atoms with Crippen LogP contribution in [0.2, 0.25) is 5.02 Å². The van der Waals surface area contributed by atoms with Gasteiger partial charge in [0.25, 0.3) is 5.91 Å². The van der Waals surface area contributed by atoms with Crippen molar-refractivity contribution >= 4 is 17.5 Å². The number of aromatic nitrogens is 1. The molecule has 0 spiro atoms. The van der Waals surface area contributed by atoms with Gasteiger partial charge in [-0.3, -0.25) is 14.7 Å². The van der Waals surface area contributed by atoms with Gasteiger partial charge in [-0.15, -0.1) is 0 Å². The number of benzene rings is 2. The molecule has 196 valence electrons. The van der Waals surface area contributed by atoms with Crippen LogP contribution in [0.3, 0.4) is 0 Å². The van der Waals surface area contributed by atoms with Gasteiger partial charge >= 0.3 is 0 Å². The fourth-order valence-electron chi connectivity index (χ4n) is 4.87. The molecule has 1 aliphatic carbocycles. The van der Waals surface area contributed by atoms with Crippen LogP contribution in [-0.2, 0) is 28.9 Å². The summed E-state index contributed by atoms with van der Waals surface area (Å²) in [5, 5.41) is 0.696. The Labute approximate surface area is 225 Å². The molecule has 0 saturated carbocycles. The van der Waals surface area contributed by atoms with E-state index in [9.17, 15) is 4.79 Å². The van der Waals surface area contributed by atoms with Gasteiger partial charge in [-0.25, -0.2) is 0 Å². The molecule has 6 nitrogen and oxygen atoms in total. The van der Waals surface area contributed by atoms with Crippen molar-refractivity contribution in [1.29, 1.82) is 0 Å². The third kappa shape index (κ3) is 7.17. The third-order valence-electron chi connectivity index (χ3n) is 7.13. The smallest absolute Gasteiger partial charge is 0.272 e. The Morgan fingerprint density at radius 2 is 1.68 bits per heavy atom. The molecule has 1 aromatic heterocycles. The Morgan fingerprint density at radius 1 is 0.973 bits per heavy atom. The second-order valence-electron chi connectivity index (χ2n) is 9.62. The summed E-state index contributed by atoms with van der Waals surface area (Å²) in [6.07, 6.45) is 4.52. The maximum absolute atomic E-state index is 13.2. The van der Waals surface area contributed by atoms with Gasteiger partial charge in [0.15, 0.2) is 0 Å². The molecule has 0 fully saturated rings. The summed E-state index contributed by atoms with van der Waals surface area (Å²) < 4.78 is 10.5. The number of hydrogen-bond acceptors (Lipinski definition) is 5. The average Bonchev–Trinajstić information content (AvgIpc) is 2.94. The number of amides is 1. The lowest BCUT2D eigenvalue weighted by molar-refractivity contribution is 0.0713. The van der Waals surface area contributed by atoms with E-state index >= 15 is 0 Å². The van der Waals surface area contributed by atoms with Gasteiger partial charge < -0.3 is 14.4 Å². The molecule has 3 aromatic rings. The number of ether oxygens (including phenoxy) is 2. The molecule has 4 rings (SSSR count). The minimum Gasteiger partial charge on any atom is -0.383 e. The monoisotopic (exact) mass is 521 g/mol. The Kier molecular flexibility index (Phi) is 9.69. The molecule has 1 atom stereocenters. The zero-order chi connectivity index (χ0) is 26.2. The predicted molar refractivity (Wildman–Crippen MR) is 148 cm³/mol. The first-order valence-corrected chi connectivity index (χ1v) is 13.2. The molecule has 0 aliphatic heterocycles. The molecule has 7 heteroatoms. The van der Waals surface area contributed by atoms with Crippen LogP contribution in [0.5, 0.6) is 0 Å². The summed E-state index contributed by atoms with van der Waals surface area (Å²) >= 11 is 5.99. The maximum Gasteiger partial charge on any atom is 0.272 e. The van der Waals surface area contributed by atoms with E-state index < -0.39 is 0 Å². The predicted octanol–water partition coefficient (Wildman–Crippen LogP) is 5.13. The van der Waals surface area contributed by atoms with Crippen LogP contribution in [0.1, 0.15) is 33.6 Å². The van der Waals surface area contributed by atoms with Crippen LogP contribution < -0.4 is 0 Å². The van der Waals surface area contributed by atoms with Crippen LogP contribution in [0.4, 0.5) is 0 Å². The third-order valence-corrected chi connectivity index (χ3v) is 7.38. The minimum atomic E-state index is -0.0420. The summed E-state index contributed by atoms with van der Waals surface area (Å²) in [7, 11) is 5.36. The SMILES string of the molecule is COCCN(CCOC)Cc1ccc2c(c1)CCC(N(C)C(=O)c1ccc(-c3ccc(Cl)cc3)cn1)C2. The number of fused-ring (bicyclic) bond motifs is 1. The van der Waals surface area contributed by atoms with Crippen molar-refractivity contribution in [3.05, 3.63) is 88.2 Å². The van der Waals surface area contributed by atoms with Crippen molar-refractivity contribution in [2.75, 3.05) is 47.6 Å². The molecule has 0 N–H and O–H groups in total. The van der Waals surface area contributed by atoms with Gasteiger partial charge in [-0.1, -0.05) is 48.0 Å². The van der Waals surface area contributed by atoms with Crippen LogP contribution in [-0.4, -0.2) is 74.3 Å². The Bertz CT molecular complexity index is 1160. The van der Waals surface area contributed by atoms with E-state index in [-0.39, 0.29) is 11.9 Å². The minimum absolute atomic E-state index is 0.0420. The molecule has 0 bridgehead atoms. The number of rotatable bonds is 11. The highest BCUT2D eigenvalue weighted by Crippen LogP contribution is 2.27. The molecular weight excluding hydrogens is 486 g/mol. The van der Waals surface area contributed by atoms with Crippen molar-refractivity contribution in [2.45, 2.75) is 31.8 Å². The average molecular weight is 522 g/mol. The number of halogens is 1. The van der Waals surface area contributed by atoms with E-state index in [2.05, 4.69) is 28.1 Å². The number of likely N-dealkylation sites (N-methyl/N-ethyl adjacent to an activating group) is 1. The fourth-order valence-corrected chi connectivity index (χ4v) is 4.99. The van der Waals surface area contributed by atoms with Gasteiger partial charge in [-0.2, -0.15) is 0 Å². The van der Waals surface area contributed by atoms with E-state index in [0.29, 0.717) is 23.9 Å². The lowest BCUT2D eigenvalue weighted by atomic mass is 9.86. The van der Waals surface area contributed by atoms with E-state index in [0.717, 1.165) is 50.0 Å². The van der Waals surface area contributed by atoms with Gasteiger partial charge in [0.1, 0.15) is 5.69 Å². The largest absolute Gasteiger partial charge is 0.383 e. The second kappa shape index (κ2) is 13.2. The fraction of sp³-hybridized carbons (Fsp3) is 0.400. The lowest BCUT2D eigenvalue weighted by Gasteiger charge is -2.33. The van der Waals surface area contributed by atoms with Gasteiger partial charge in [0, 0.05) is 63.7 Å². The molecule has 1 aliphatic rings. The Morgan fingerprint density at radius 3 is 2.32 bits per heavy atom. The number of nitrogens with zero attached hydrogens (tertiary/aromatic N) is 3. The number of hydrogen-bond donors (Lipinski definition) is 0. The van der Waals surface area contributed by atoms with Gasteiger partial charge in [0.05, 0.1) is 13.2 Å². The van der Waals surface area contributed by atoms with Gasteiger partial charge in [-0.05, 0) is 59.7 Å². The molecule has 1 unspecified atom stereocenters. The van der Waals surface area contributed by atoms with Crippen LogP contribution in [0.25, 0.3) is 11.1 Å². The highest BCUT2D eigenvalue weighted by Gasteiger charge is 2.26. The molecular formula is C30H36ClN3O3. The second-order valence-corrected chi connectivity index (χ2v) is 10.1. The summed E-state index contributed by atoms with van der Waals surface area (Å²) in [5.41, 5.74) is 6.46. The number of methoxy groups -OCH3 is 2. The number of carbonyl (C=O) groups is 1. The van der Waals surface area contributed by atoms with Crippen LogP contribution >= 0.6 is 11.6 Å². The molecule has 37 heavy (non-hydrogen) atoms. The normalized spacial score (nSPS) is 15.0. The summed E-state index contributed by atoms with van der Waals surface area (Å²) in [4.78, 5) is 21.9. The van der Waals surface area contributed by atoms with Gasteiger partial charge in [0.2, 0.25) is 0 Å². The number of pyridine rings is 1. The summed E-state index contributed by atoms with van der Waals surface area (Å²) in [6.45, 7) is 4.03. The molecule has 2 aromatic carbocycles. The number of aryl methyl sites for hydroxylation is 1. The Hall–Kier alpha value is -2.77. The van der Waals surface area contributed by atoms with Crippen molar-refractivity contribution in [2.24, 2.45) is 0 Å². The van der Waals surface area contributed by atoms with Crippen LogP contribution in [0.15, 0.2) is 60.8 Å². The molecule has 1 amide bonds.